The van der Waals surface area contributed by atoms with Crippen molar-refractivity contribution < 1.29 is 22.7 Å². The summed E-state index contributed by atoms with van der Waals surface area (Å²) in [7, 11) is -3.95. The summed E-state index contributed by atoms with van der Waals surface area (Å²) in [5.74, 6) is -1.08. The molecule has 0 aliphatic heterocycles. The molecule has 2 aromatic rings. The predicted octanol–water partition coefficient (Wildman–Crippen LogP) is 4.55. The molecule has 1 amide bonds. The van der Waals surface area contributed by atoms with Crippen molar-refractivity contribution in [3.8, 4) is 0 Å². The average Bonchev–Trinajstić information content (AvgIpc) is 2.81. The first kappa shape index (κ1) is 25.1. The molecule has 9 heteroatoms. The molecule has 178 valence electrons. The molecule has 1 saturated carbocycles. The second kappa shape index (κ2) is 10.6. The van der Waals surface area contributed by atoms with Gasteiger partial charge in [-0.2, -0.15) is 0 Å². The molecule has 0 unspecified atom stereocenters. The Morgan fingerprint density at radius 2 is 1.73 bits per heavy atom. The highest BCUT2D eigenvalue weighted by molar-refractivity contribution is 7.92. The molecule has 1 fully saturated rings. The Hall–Kier alpha value is -2.58. The fraction of sp³-hybridized carbons (Fsp3) is 0.417. The number of nitrogens with zero attached hydrogens (tertiary/aromatic N) is 1. The first-order valence-electron chi connectivity index (χ1n) is 11.1. The van der Waals surface area contributed by atoms with Gasteiger partial charge in [-0.1, -0.05) is 49.1 Å². The molecule has 7 nitrogen and oxygen atoms in total. The number of sulfonamides is 1. The van der Waals surface area contributed by atoms with Crippen molar-refractivity contribution >= 4 is 39.2 Å². The molecule has 0 spiro atoms. The van der Waals surface area contributed by atoms with Crippen LogP contribution in [0.5, 0.6) is 0 Å². The highest BCUT2D eigenvalue weighted by Crippen LogP contribution is 2.31. The van der Waals surface area contributed by atoms with E-state index in [0.29, 0.717) is 18.5 Å². The zero-order valence-corrected chi connectivity index (χ0v) is 20.4. The van der Waals surface area contributed by atoms with E-state index in [1.807, 2.05) is 0 Å². The summed E-state index contributed by atoms with van der Waals surface area (Å²) in [4.78, 5) is 25.9. The van der Waals surface area contributed by atoms with Crippen LogP contribution in [0.2, 0.25) is 5.02 Å². The zero-order valence-electron chi connectivity index (χ0n) is 18.8. The van der Waals surface area contributed by atoms with E-state index in [1.165, 1.54) is 22.5 Å². The first-order valence-corrected chi connectivity index (χ1v) is 12.9. The van der Waals surface area contributed by atoms with Gasteiger partial charge in [0.2, 0.25) is 0 Å². The Kier molecular flexibility index (Phi) is 8.02. The molecule has 0 radical (unpaired) electrons. The third kappa shape index (κ3) is 5.33. The third-order valence-electron chi connectivity index (χ3n) is 5.83. The largest absolute Gasteiger partial charge is 0.464 e. The molecular formula is C24H29ClN2O5S. The van der Waals surface area contributed by atoms with Gasteiger partial charge in [0.1, 0.15) is 5.54 Å². The normalized spacial score (nSPS) is 15.5. The van der Waals surface area contributed by atoms with E-state index in [9.17, 15) is 18.0 Å². The fourth-order valence-electron chi connectivity index (χ4n) is 4.14. The number of anilines is 1. The lowest BCUT2D eigenvalue weighted by Crippen LogP contribution is -2.56. The number of ether oxygens (including phenoxy) is 1. The van der Waals surface area contributed by atoms with Gasteiger partial charge in [-0.05, 0) is 57.0 Å². The number of carbonyl (C=O) groups is 2. The number of halogens is 1. The highest BCUT2D eigenvalue weighted by Gasteiger charge is 2.42. The van der Waals surface area contributed by atoms with E-state index < -0.39 is 27.4 Å². The smallest absolute Gasteiger partial charge is 0.331 e. The Labute approximate surface area is 200 Å². The molecule has 33 heavy (non-hydrogen) atoms. The number of para-hydroxylation sites is 1. The Balaban J connectivity index is 1.95. The van der Waals surface area contributed by atoms with Gasteiger partial charge in [0, 0.05) is 6.54 Å². The monoisotopic (exact) mass is 492 g/mol. The predicted molar refractivity (Wildman–Crippen MR) is 128 cm³/mol. The van der Waals surface area contributed by atoms with Crippen molar-refractivity contribution in [1.82, 2.24) is 5.32 Å². The Morgan fingerprint density at radius 1 is 1.06 bits per heavy atom. The topological polar surface area (TPSA) is 92.8 Å². The van der Waals surface area contributed by atoms with Gasteiger partial charge in [0.05, 0.1) is 27.8 Å². The lowest BCUT2D eigenvalue weighted by molar-refractivity contribution is -0.152. The maximum absolute atomic E-state index is 13.4. The number of hydrogen-bond acceptors (Lipinski definition) is 5. The molecule has 0 atom stereocenters. The number of esters is 1. The van der Waals surface area contributed by atoms with Crippen molar-refractivity contribution in [3.63, 3.8) is 0 Å². The van der Waals surface area contributed by atoms with Gasteiger partial charge in [-0.15, -0.1) is 0 Å². The van der Waals surface area contributed by atoms with Gasteiger partial charge in [0.15, 0.2) is 0 Å². The van der Waals surface area contributed by atoms with Crippen LogP contribution < -0.4 is 9.62 Å². The fourth-order valence-corrected chi connectivity index (χ4v) is 5.84. The van der Waals surface area contributed by atoms with E-state index in [-0.39, 0.29) is 28.6 Å². The molecule has 1 aliphatic carbocycles. The second-order valence-corrected chi connectivity index (χ2v) is 10.2. The summed E-state index contributed by atoms with van der Waals surface area (Å²) in [5.41, 5.74) is -0.621. The number of amides is 1. The van der Waals surface area contributed by atoms with Crippen molar-refractivity contribution in [1.29, 1.82) is 0 Å². The number of carbonyl (C=O) groups excluding carboxylic acids is 2. The molecule has 3 rings (SSSR count). The van der Waals surface area contributed by atoms with Crippen LogP contribution in [-0.4, -0.2) is 39.0 Å². The third-order valence-corrected chi connectivity index (χ3v) is 8.06. The summed E-state index contributed by atoms with van der Waals surface area (Å²) in [6.07, 6.45) is 3.46. The van der Waals surface area contributed by atoms with E-state index >= 15 is 0 Å². The van der Waals surface area contributed by atoms with Crippen LogP contribution in [0, 0.1) is 0 Å². The molecular weight excluding hydrogens is 464 g/mol. The van der Waals surface area contributed by atoms with Gasteiger partial charge in [-0.3, -0.25) is 9.10 Å². The first-order chi connectivity index (χ1) is 15.7. The van der Waals surface area contributed by atoms with Gasteiger partial charge < -0.3 is 10.1 Å². The van der Waals surface area contributed by atoms with Crippen LogP contribution in [0.25, 0.3) is 0 Å². The molecule has 0 bridgehead atoms. The minimum Gasteiger partial charge on any atom is -0.464 e. The number of nitrogens with one attached hydrogen (secondary N) is 1. The summed E-state index contributed by atoms with van der Waals surface area (Å²) in [6, 6.07) is 12.8. The van der Waals surface area contributed by atoms with Crippen LogP contribution in [0.15, 0.2) is 53.4 Å². The molecule has 2 aromatic carbocycles. The molecule has 0 saturated heterocycles. The van der Waals surface area contributed by atoms with Crippen molar-refractivity contribution in [2.24, 2.45) is 0 Å². The zero-order chi connectivity index (χ0) is 24.1. The lowest BCUT2D eigenvalue weighted by Gasteiger charge is -2.35. The van der Waals surface area contributed by atoms with Crippen molar-refractivity contribution in [3.05, 3.63) is 59.1 Å². The summed E-state index contributed by atoms with van der Waals surface area (Å²) >= 11 is 6.29. The van der Waals surface area contributed by atoms with Crippen LogP contribution in [-0.2, 0) is 19.6 Å². The number of hydrogen-bond donors (Lipinski definition) is 1. The molecule has 1 N–H and O–H groups in total. The van der Waals surface area contributed by atoms with Crippen LogP contribution in [0.1, 0.15) is 56.3 Å². The average molecular weight is 493 g/mol. The minimum absolute atomic E-state index is 0.00361. The number of rotatable bonds is 8. The van der Waals surface area contributed by atoms with Crippen LogP contribution >= 0.6 is 11.6 Å². The molecule has 1 aliphatic rings. The van der Waals surface area contributed by atoms with Gasteiger partial charge in [-0.25, -0.2) is 13.2 Å². The van der Waals surface area contributed by atoms with E-state index in [1.54, 1.807) is 44.2 Å². The van der Waals surface area contributed by atoms with Crippen LogP contribution in [0.3, 0.4) is 0 Å². The molecule has 0 heterocycles. The number of benzene rings is 2. The van der Waals surface area contributed by atoms with Crippen molar-refractivity contribution in [2.75, 3.05) is 17.5 Å². The van der Waals surface area contributed by atoms with E-state index in [4.69, 9.17) is 16.3 Å². The summed E-state index contributed by atoms with van der Waals surface area (Å²) in [5, 5.41) is 2.92. The molecule has 0 aromatic heterocycles. The summed E-state index contributed by atoms with van der Waals surface area (Å²) < 4.78 is 33.2. The van der Waals surface area contributed by atoms with Gasteiger partial charge >= 0.3 is 5.97 Å². The highest BCUT2D eigenvalue weighted by atomic mass is 35.5. The second-order valence-electron chi connectivity index (χ2n) is 7.96. The summed E-state index contributed by atoms with van der Waals surface area (Å²) in [6.45, 7) is 3.87. The minimum atomic E-state index is -3.95. The van der Waals surface area contributed by atoms with Crippen molar-refractivity contribution in [2.45, 2.75) is 56.4 Å². The maximum Gasteiger partial charge on any atom is 0.331 e. The van der Waals surface area contributed by atoms with Crippen LogP contribution in [0.4, 0.5) is 5.69 Å². The Bertz CT molecular complexity index is 1100. The standard InChI is InChI=1S/C24H29ClN2O5S/c1-3-27(18-11-7-5-8-12-18)33(30,31)19-13-14-21(25)20(17-19)22(28)26-24(23(29)32-4-2)15-9-6-10-16-24/h5,7-8,11-14,17H,3-4,6,9-10,15-16H2,1-2H3,(H,26,28). The SMILES string of the molecule is CCOC(=O)C1(NC(=O)c2cc(S(=O)(=O)N(CC)c3ccccc3)ccc2Cl)CCCCC1. The maximum atomic E-state index is 13.4. The Morgan fingerprint density at radius 3 is 2.33 bits per heavy atom. The quantitative estimate of drug-likeness (QED) is 0.545. The van der Waals surface area contributed by atoms with E-state index in [2.05, 4.69) is 5.32 Å². The lowest BCUT2D eigenvalue weighted by atomic mass is 9.81. The van der Waals surface area contributed by atoms with Gasteiger partial charge in [0.25, 0.3) is 15.9 Å². The van der Waals surface area contributed by atoms with E-state index in [0.717, 1.165) is 19.3 Å².